The molecular weight excluding hydrogens is 532 g/mol. The number of pyridine rings is 1. The van der Waals surface area contributed by atoms with Crippen molar-refractivity contribution in [2.45, 2.75) is 59.0 Å². The van der Waals surface area contributed by atoms with Gasteiger partial charge in [-0.25, -0.2) is 0 Å². The van der Waals surface area contributed by atoms with Crippen LogP contribution in [0.15, 0.2) is 53.5 Å². The number of methoxy groups -OCH3 is 2. The number of nitriles is 1. The fourth-order valence-corrected chi connectivity index (χ4v) is 7.33. The van der Waals surface area contributed by atoms with Crippen LogP contribution >= 0.6 is 0 Å². The van der Waals surface area contributed by atoms with Gasteiger partial charge < -0.3 is 29.4 Å². The van der Waals surface area contributed by atoms with E-state index in [4.69, 9.17) is 14.2 Å². The summed E-state index contributed by atoms with van der Waals surface area (Å²) in [5.74, 6) is 0.675. The van der Waals surface area contributed by atoms with Gasteiger partial charge in [-0.3, -0.25) is 9.59 Å². The molecule has 1 amide bonds. The number of anilines is 1. The summed E-state index contributed by atoms with van der Waals surface area (Å²) in [6.45, 7) is 10.1. The number of rotatable bonds is 8. The predicted molar refractivity (Wildman–Crippen MR) is 162 cm³/mol. The van der Waals surface area contributed by atoms with Crippen molar-refractivity contribution in [3.63, 3.8) is 0 Å². The summed E-state index contributed by atoms with van der Waals surface area (Å²) in [5, 5.41) is 13.1. The summed E-state index contributed by atoms with van der Waals surface area (Å²) < 4.78 is 17.4. The van der Waals surface area contributed by atoms with E-state index in [-0.39, 0.29) is 29.8 Å². The normalized spacial score (nSPS) is 21.5. The second-order valence-electron chi connectivity index (χ2n) is 12.6. The van der Waals surface area contributed by atoms with Crippen LogP contribution in [0, 0.1) is 28.1 Å². The Morgan fingerprint density at radius 3 is 2.26 bits per heavy atom. The molecule has 0 bridgehead atoms. The smallest absolute Gasteiger partial charge is 0.251 e. The van der Waals surface area contributed by atoms with E-state index in [1.165, 1.54) is 12.3 Å². The van der Waals surface area contributed by atoms with Crippen LogP contribution in [0.2, 0.25) is 0 Å². The number of H-pyrrole nitrogens is 1. The molecule has 1 aliphatic carbocycles. The molecule has 0 unspecified atom stereocenters. The van der Waals surface area contributed by atoms with Gasteiger partial charge in [0.25, 0.3) is 5.91 Å². The van der Waals surface area contributed by atoms with Crippen LogP contribution in [-0.4, -0.2) is 56.6 Å². The molecule has 0 spiro atoms. The van der Waals surface area contributed by atoms with Crippen molar-refractivity contribution in [3.8, 4) is 11.8 Å². The van der Waals surface area contributed by atoms with Gasteiger partial charge in [0, 0.05) is 73.6 Å². The Labute approximate surface area is 246 Å². The molecule has 2 heterocycles. The molecule has 42 heavy (non-hydrogen) atoms. The Kier molecular flexibility index (Phi) is 8.06. The first-order chi connectivity index (χ1) is 20.0. The lowest BCUT2D eigenvalue weighted by molar-refractivity contribution is -0.163. The highest BCUT2D eigenvalue weighted by Gasteiger charge is 2.64. The second-order valence-corrected chi connectivity index (χ2v) is 12.6. The van der Waals surface area contributed by atoms with Crippen LogP contribution in [0.25, 0.3) is 10.9 Å². The van der Waals surface area contributed by atoms with Crippen LogP contribution in [-0.2, 0) is 9.47 Å². The lowest BCUT2D eigenvalue weighted by atomic mass is 9.49. The number of hydrogen-bond acceptors (Lipinski definition) is 7. The van der Waals surface area contributed by atoms with Crippen molar-refractivity contribution in [2.24, 2.45) is 16.7 Å². The number of amides is 1. The van der Waals surface area contributed by atoms with Gasteiger partial charge in [-0.2, -0.15) is 5.26 Å². The largest absolute Gasteiger partial charge is 0.488 e. The summed E-state index contributed by atoms with van der Waals surface area (Å²) in [7, 11) is 3.37. The lowest BCUT2D eigenvalue weighted by Crippen LogP contribution is -2.74. The van der Waals surface area contributed by atoms with Gasteiger partial charge in [0.05, 0.1) is 16.5 Å². The van der Waals surface area contributed by atoms with Crippen LogP contribution in [0.3, 0.4) is 0 Å². The van der Waals surface area contributed by atoms with Gasteiger partial charge in [-0.05, 0) is 49.2 Å². The molecule has 1 aromatic heterocycles. The van der Waals surface area contributed by atoms with Crippen LogP contribution in [0.5, 0.6) is 5.75 Å². The molecule has 1 saturated heterocycles. The summed E-state index contributed by atoms with van der Waals surface area (Å²) in [6.07, 6.45) is 3.04. The predicted octanol–water partition coefficient (Wildman–Crippen LogP) is 4.85. The topological polar surface area (TPSA) is 117 Å². The molecular formula is C33H40N4O5. The fraction of sp³-hybridized carbons (Fsp3) is 0.485. The minimum absolute atomic E-state index is 0.131. The number of benzene rings is 2. The number of carbonyl (C=O) groups excluding carboxylic acids is 1. The standard InChI is InChI=1S/C33H40N4O5/c1-32(2)30(33(3,4)31(32)42-25-12-9-22(19-34)27-26(25)24(38)13-16-35-27)36-28(39)20-7-10-23(11-8-20)37-17-14-21(15-18-37)29(40-5)41-6/h7-13,16,21,29-31H,14-15,17-18H2,1-6H3,(H,35,38)(H,36,39). The van der Waals surface area contributed by atoms with E-state index in [9.17, 15) is 14.9 Å². The second kappa shape index (κ2) is 11.4. The van der Waals surface area contributed by atoms with Gasteiger partial charge in [0.2, 0.25) is 0 Å². The van der Waals surface area contributed by atoms with Crippen molar-refractivity contribution in [2.75, 3.05) is 32.2 Å². The third kappa shape index (κ3) is 5.14. The number of aromatic amines is 1. The molecule has 9 heteroatoms. The van der Waals surface area contributed by atoms with E-state index < -0.39 is 10.8 Å². The third-order valence-corrected chi connectivity index (χ3v) is 9.24. The van der Waals surface area contributed by atoms with Gasteiger partial charge in [-0.1, -0.05) is 27.7 Å². The van der Waals surface area contributed by atoms with E-state index in [2.05, 4.69) is 49.0 Å². The number of ether oxygens (including phenoxy) is 3. The van der Waals surface area contributed by atoms with Crippen LogP contribution in [0.4, 0.5) is 5.69 Å². The van der Waals surface area contributed by atoms with Crippen LogP contribution in [0.1, 0.15) is 56.5 Å². The molecule has 2 aromatic carbocycles. The number of hydrogen-bond donors (Lipinski definition) is 2. The van der Waals surface area contributed by atoms with Gasteiger partial charge >= 0.3 is 0 Å². The fourth-order valence-electron chi connectivity index (χ4n) is 7.33. The molecule has 2 fully saturated rings. The molecule has 0 radical (unpaired) electrons. The third-order valence-electron chi connectivity index (χ3n) is 9.24. The van der Waals surface area contributed by atoms with E-state index in [1.54, 1.807) is 26.4 Å². The van der Waals surface area contributed by atoms with Gasteiger partial charge in [-0.15, -0.1) is 0 Å². The Balaban J connectivity index is 1.26. The molecule has 1 aliphatic heterocycles. The van der Waals surface area contributed by atoms with E-state index in [0.717, 1.165) is 31.6 Å². The first kappa shape index (κ1) is 29.6. The maximum absolute atomic E-state index is 13.4. The highest BCUT2D eigenvalue weighted by Crippen LogP contribution is 2.56. The molecule has 2 N–H and O–H groups in total. The number of nitrogens with zero attached hydrogens (tertiary/aromatic N) is 2. The van der Waals surface area contributed by atoms with Crippen molar-refractivity contribution in [1.29, 1.82) is 5.26 Å². The highest BCUT2D eigenvalue weighted by atomic mass is 16.7. The van der Waals surface area contributed by atoms with Crippen molar-refractivity contribution < 1.29 is 19.0 Å². The minimum Gasteiger partial charge on any atom is -0.488 e. The average molecular weight is 573 g/mol. The lowest BCUT2D eigenvalue weighted by Gasteiger charge is -2.63. The zero-order chi connectivity index (χ0) is 30.2. The minimum atomic E-state index is -0.423. The maximum Gasteiger partial charge on any atom is 0.251 e. The Morgan fingerprint density at radius 1 is 1.02 bits per heavy atom. The first-order valence-corrected chi connectivity index (χ1v) is 14.5. The van der Waals surface area contributed by atoms with E-state index in [1.807, 2.05) is 24.3 Å². The quantitative estimate of drug-likeness (QED) is 0.371. The zero-order valence-corrected chi connectivity index (χ0v) is 25.2. The molecule has 222 valence electrons. The van der Waals surface area contributed by atoms with E-state index in [0.29, 0.717) is 33.7 Å². The first-order valence-electron chi connectivity index (χ1n) is 14.5. The molecule has 3 aromatic rings. The number of aromatic nitrogens is 1. The monoisotopic (exact) mass is 572 g/mol. The Morgan fingerprint density at radius 2 is 1.67 bits per heavy atom. The van der Waals surface area contributed by atoms with E-state index >= 15 is 0 Å². The summed E-state index contributed by atoms with van der Waals surface area (Å²) in [4.78, 5) is 31.5. The van der Waals surface area contributed by atoms with Crippen molar-refractivity contribution in [3.05, 3.63) is 70.0 Å². The average Bonchev–Trinajstić information content (AvgIpc) is 2.99. The summed E-state index contributed by atoms with van der Waals surface area (Å²) in [6, 6.07) is 14.5. The van der Waals surface area contributed by atoms with Gasteiger partial charge in [0.15, 0.2) is 11.7 Å². The van der Waals surface area contributed by atoms with Gasteiger partial charge in [0.1, 0.15) is 17.9 Å². The highest BCUT2D eigenvalue weighted by molar-refractivity contribution is 5.95. The molecule has 1 saturated carbocycles. The summed E-state index contributed by atoms with van der Waals surface area (Å²) >= 11 is 0. The summed E-state index contributed by atoms with van der Waals surface area (Å²) in [5.41, 5.74) is 1.49. The molecule has 0 atom stereocenters. The maximum atomic E-state index is 13.4. The molecule has 9 nitrogen and oxygen atoms in total. The van der Waals surface area contributed by atoms with Crippen molar-refractivity contribution >= 4 is 22.5 Å². The Hall–Kier alpha value is -3.87. The SMILES string of the molecule is COC(OC)C1CCN(c2ccc(C(=O)NC3C(C)(C)C(Oc4ccc(C#N)c5[nH]ccc(=O)c45)C3(C)C)cc2)CC1. The van der Waals surface area contributed by atoms with Crippen LogP contribution < -0.4 is 20.4 Å². The number of carbonyl (C=O) groups is 1. The molecule has 2 aliphatic rings. The molecule has 5 rings (SSSR count). The Bertz CT molecular complexity index is 1530. The number of piperidine rings is 1. The number of fused-ring (bicyclic) bond motifs is 1. The number of nitrogens with one attached hydrogen (secondary N) is 2. The van der Waals surface area contributed by atoms with Crippen molar-refractivity contribution in [1.82, 2.24) is 10.3 Å². The zero-order valence-electron chi connectivity index (χ0n) is 25.2.